The summed E-state index contributed by atoms with van der Waals surface area (Å²) in [6.45, 7) is 5.08. The fraction of sp³-hybridized carbons (Fsp3) is 0.632. The lowest BCUT2D eigenvalue weighted by Gasteiger charge is -2.37. The second kappa shape index (κ2) is 10.9. The van der Waals surface area contributed by atoms with Crippen LogP contribution < -0.4 is 10.2 Å². The summed E-state index contributed by atoms with van der Waals surface area (Å²) >= 11 is 0. The van der Waals surface area contributed by atoms with E-state index in [1.54, 1.807) is 0 Å². The maximum absolute atomic E-state index is 5.93. The van der Waals surface area contributed by atoms with Gasteiger partial charge in [0.1, 0.15) is 6.10 Å². The van der Waals surface area contributed by atoms with E-state index in [-0.39, 0.29) is 36.2 Å². The predicted molar refractivity (Wildman–Crippen MR) is 117 cm³/mol. The Morgan fingerprint density at radius 1 is 1.23 bits per heavy atom. The fourth-order valence-electron chi connectivity index (χ4n) is 3.47. The predicted octanol–water partition coefficient (Wildman–Crippen LogP) is 2.20. The molecule has 0 radical (unpaired) electrons. The van der Waals surface area contributed by atoms with Crippen molar-refractivity contribution in [2.45, 2.75) is 25.0 Å². The third kappa shape index (κ3) is 5.72. The minimum atomic E-state index is 0. The van der Waals surface area contributed by atoms with Crippen LogP contribution in [0.5, 0.6) is 0 Å². The van der Waals surface area contributed by atoms with Crippen LogP contribution in [0.2, 0.25) is 0 Å². The Bertz CT molecular complexity index is 552. The summed E-state index contributed by atoms with van der Waals surface area (Å²) in [5, 5.41) is 3.49. The first-order valence-electron chi connectivity index (χ1n) is 9.23. The van der Waals surface area contributed by atoms with Gasteiger partial charge in [-0.3, -0.25) is 4.99 Å². The fourth-order valence-corrected chi connectivity index (χ4v) is 3.47. The molecule has 0 aliphatic carbocycles. The zero-order valence-electron chi connectivity index (χ0n) is 15.8. The molecule has 0 amide bonds. The first kappa shape index (κ1) is 21.2. The first-order valence-corrected chi connectivity index (χ1v) is 9.23. The molecule has 2 atom stereocenters. The van der Waals surface area contributed by atoms with Crippen molar-refractivity contribution in [1.29, 1.82) is 0 Å². The summed E-state index contributed by atoms with van der Waals surface area (Å²) in [6.07, 6.45) is 2.64. The summed E-state index contributed by atoms with van der Waals surface area (Å²) in [7, 11) is 3.96. The number of guanidine groups is 1. The van der Waals surface area contributed by atoms with Crippen LogP contribution in [0, 0.1) is 0 Å². The molecule has 0 saturated carbocycles. The molecular formula is C19H31IN4O2. The van der Waals surface area contributed by atoms with Gasteiger partial charge in [0.2, 0.25) is 0 Å². The van der Waals surface area contributed by atoms with Crippen molar-refractivity contribution >= 4 is 35.6 Å². The average molecular weight is 474 g/mol. The second-order valence-electron chi connectivity index (χ2n) is 6.64. The number of nitrogens with one attached hydrogen (secondary N) is 1. The quantitative estimate of drug-likeness (QED) is 0.403. The number of aliphatic imine (C=N–C) groups is 1. The molecule has 0 bridgehead atoms. The van der Waals surface area contributed by atoms with Gasteiger partial charge in [-0.1, -0.05) is 18.2 Å². The molecule has 2 aliphatic heterocycles. The molecule has 6 nitrogen and oxygen atoms in total. The molecule has 2 saturated heterocycles. The minimum absolute atomic E-state index is 0. The largest absolute Gasteiger partial charge is 0.375 e. The molecule has 1 aromatic carbocycles. The Labute approximate surface area is 173 Å². The SMILES string of the molecule is CN=C(NCCN(C)c1ccccc1)N1CCOC(C2CCCO2)C1.I. The Morgan fingerprint density at radius 3 is 2.69 bits per heavy atom. The number of benzene rings is 1. The van der Waals surface area contributed by atoms with E-state index < -0.39 is 0 Å². The van der Waals surface area contributed by atoms with Gasteiger partial charge < -0.3 is 24.6 Å². The number of rotatable bonds is 5. The number of ether oxygens (including phenoxy) is 2. The van der Waals surface area contributed by atoms with Crippen molar-refractivity contribution in [2.24, 2.45) is 4.99 Å². The van der Waals surface area contributed by atoms with Gasteiger partial charge in [0.05, 0.1) is 12.7 Å². The van der Waals surface area contributed by atoms with Gasteiger partial charge in [-0.25, -0.2) is 0 Å². The molecule has 2 heterocycles. The van der Waals surface area contributed by atoms with Crippen molar-refractivity contribution in [1.82, 2.24) is 10.2 Å². The monoisotopic (exact) mass is 474 g/mol. The standard InChI is InChI=1S/C19H30N4O2.HI/c1-20-19(21-10-11-22(2)16-7-4-3-5-8-16)23-12-14-25-18(15-23)17-9-6-13-24-17;/h3-5,7-8,17-18H,6,9-15H2,1-2H3,(H,20,21);1H. The lowest BCUT2D eigenvalue weighted by atomic mass is 10.1. The van der Waals surface area contributed by atoms with E-state index in [4.69, 9.17) is 9.47 Å². The van der Waals surface area contributed by atoms with Crippen LogP contribution >= 0.6 is 24.0 Å². The van der Waals surface area contributed by atoms with Gasteiger partial charge in [-0.05, 0) is 25.0 Å². The summed E-state index contributed by atoms with van der Waals surface area (Å²) < 4.78 is 11.7. The molecule has 3 rings (SSSR count). The summed E-state index contributed by atoms with van der Waals surface area (Å²) in [5.41, 5.74) is 1.23. The Morgan fingerprint density at radius 2 is 2.00 bits per heavy atom. The molecule has 26 heavy (non-hydrogen) atoms. The number of hydrogen-bond donors (Lipinski definition) is 1. The van der Waals surface area contributed by atoms with Gasteiger partial charge in [0.15, 0.2) is 5.96 Å². The smallest absolute Gasteiger partial charge is 0.193 e. The molecule has 146 valence electrons. The van der Waals surface area contributed by atoms with Crippen LogP contribution in [0.25, 0.3) is 0 Å². The number of likely N-dealkylation sites (N-methyl/N-ethyl adjacent to an activating group) is 1. The zero-order valence-corrected chi connectivity index (χ0v) is 18.1. The third-order valence-electron chi connectivity index (χ3n) is 4.91. The maximum atomic E-state index is 5.93. The summed E-state index contributed by atoms with van der Waals surface area (Å²) in [5.74, 6) is 0.952. The Balaban J connectivity index is 0.00000243. The molecule has 0 aromatic heterocycles. The van der Waals surface area contributed by atoms with Crippen molar-refractivity contribution in [2.75, 3.05) is 58.4 Å². The minimum Gasteiger partial charge on any atom is -0.375 e. The second-order valence-corrected chi connectivity index (χ2v) is 6.64. The number of nitrogens with zero attached hydrogens (tertiary/aromatic N) is 3. The number of halogens is 1. The van der Waals surface area contributed by atoms with E-state index in [9.17, 15) is 0 Å². The van der Waals surface area contributed by atoms with Gasteiger partial charge in [0.25, 0.3) is 0 Å². The number of morpholine rings is 1. The van der Waals surface area contributed by atoms with E-state index in [2.05, 4.69) is 51.4 Å². The third-order valence-corrected chi connectivity index (χ3v) is 4.91. The number of anilines is 1. The van der Waals surface area contributed by atoms with E-state index in [0.717, 1.165) is 58.2 Å². The van der Waals surface area contributed by atoms with E-state index >= 15 is 0 Å². The molecular weight excluding hydrogens is 443 g/mol. The highest BCUT2D eigenvalue weighted by atomic mass is 127. The normalized spacial score (nSPS) is 23.5. The van der Waals surface area contributed by atoms with Crippen molar-refractivity contribution in [3.63, 3.8) is 0 Å². The van der Waals surface area contributed by atoms with Gasteiger partial charge in [0, 0.05) is 52.6 Å². The lowest BCUT2D eigenvalue weighted by Crippen LogP contribution is -2.54. The molecule has 1 N–H and O–H groups in total. The van der Waals surface area contributed by atoms with Gasteiger partial charge >= 0.3 is 0 Å². The molecule has 0 spiro atoms. The first-order chi connectivity index (χ1) is 12.3. The zero-order chi connectivity index (χ0) is 17.5. The van der Waals surface area contributed by atoms with E-state index in [0.29, 0.717) is 0 Å². The van der Waals surface area contributed by atoms with Crippen molar-refractivity contribution in [3.8, 4) is 0 Å². The van der Waals surface area contributed by atoms with Crippen LogP contribution in [0.15, 0.2) is 35.3 Å². The van der Waals surface area contributed by atoms with Crippen molar-refractivity contribution in [3.05, 3.63) is 30.3 Å². The number of hydrogen-bond acceptors (Lipinski definition) is 4. The van der Waals surface area contributed by atoms with E-state index in [1.165, 1.54) is 5.69 Å². The molecule has 7 heteroatoms. The lowest BCUT2D eigenvalue weighted by molar-refractivity contribution is -0.0816. The molecule has 2 aliphatic rings. The van der Waals surface area contributed by atoms with E-state index in [1.807, 2.05) is 13.1 Å². The molecule has 1 aromatic rings. The topological polar surface area (TPSA) is 49.3 Å². The van der Waals surface area contributed by atoms with Gasteiger partial charge in [-0.2, -0.15) is 0 Å². The van der Waals surface area contributed by atoms with Crippen LogP contribution in [-0.4, -0.2) is 76.6 Å². The highest BCUT2D eigenvalue weighted by Crippen LogP contribution is 2.21. The molecule has 2 fully saturated rings. The summed E-state index contributed by atoms with van der Waals surface area (Å²) in [4.78, 5) is 8.99. The van der Waals surface area contributed by atoms with Crippen LogP contribution in [0.3, 0.4) is 0 Å². The van der Waals surface area contributed by atoms with Gasteiger partial charge in [-0.15, -0.1) is 24.0 Å². The average Bonchev–Trinajstić information content (AvgIpc) is 3.21. The Hall–Kier alpha value is -1.06. The maximum Gasteiger partial charge on any atom is 0.193 e. The van der Waals surface area contributed by atoms with Crippen LogP contribution in [0.4, 0.5) is 5.69 Å². The van der Waals surface area contributed by atoms with Crippen LogP contribution in [0.1, 0.15) is 12.8 Å². The van der Waals surface area contributed by atoms with Crippen molar-refractivity contribution < 1.29 is 9.47 Å². The van der Waals surface area contributed by atoms with Crippen LogP contribution in [-0.2, 0) is 9.47 Å². The molecule has 2 unspecified atom stereocenters. The Kier molecular flexibility index (Phi) is 8.94. The highest BCUT2D eigenvalue weighted by molar-refractivity contribution is 14.0. The highest BCUT2D eigenvalue weighted by Gasteiger charge is 2.32. The number of para-hydroxylation sites is 1. The summed E-state index contributed by atoms with van der Waals surface area (Å²) in [6, 6.07) is 10.4.